The Bertz CT molecular complexity index is 642. The summed E-state index contributed by atoms with van der Waals surface area (Å²) in [4.78, 5) is 6.84. The van der Waals surface area contributed by atoms with Gasteiger partial charge in [0.2, 0.25) is 0 Å². The first-order valence-corrected chi connectivity index (χ1v) is 9.28. The lowest BCUT2D eigenvalue weighted by Gasteiger charge is -2.32. The second-order valence-electron chi connectivity index (χ2n) is 5.98. The minimum absolute atomic E-state index is 0.143. The molecule has 1 aliphatic rings. The summed E-state index contributed by atoms with van der Waals surface area (Å²) in [5, 5.41) is 0.648. The Kier molecular flexibility index (Phi) is 5.91. The van der Waals surface area contributed by atoms with E-state index in [4.69, 9.17) is 16.3 Å². The molecule has 1 aromatic heterocycles. The quantitative estimate of drug-likeness (QED) is 0.650. The van der Waals surface area contributed by atoms with Crippen LogP contribution in [0.5, 0.6) is 0 Å². The second kappa shape index (κ2) is 7.92. The normalized spacial score (nSPS) is 18.0. The van der Waals surface area contributed by atoms with Crippen LogP contribution in [0.25, 0.3) is 0 Å². The maximum Gasteiger partial charge on any atom is 0.125 e. The largest absolute Gasteiger partial charge is 0.364 e. The number of likely N-dealkylation sites (tertiary alicyclic amines) is 1. The van der Waals surface area contributed by atoms with Crippen LogP contribution < -0.4 is 0 Å². The third-order valence-corrected chi connectivity index (χ3v) is 5.06. The summed E-state index contributed by atoms with van der Waals surface area (Å²) in [7, 11) is 2.16. The number of ether oxygens (including phenoxy) is 1. The van der Waals surface area contributed by atoms with Crippen molar-refractivity contribution in [1.82, 2.24) is 9.88 Å². The van der Waals surface area contributed by atoms with Crippen molar-refractivity contribution in [2.45, 2.75) is 25.0 Å². The van der Waals surface area contributed by atoms with Gasteiger partial charge in [0.05, 0.1) is 16.8 Å². The lowest BCUT2D eigenvalue weighted by molar-refractivity contribution is -0.0250. The van der Waals surface area contributed by atoms with Crippen LogP contribution in [0, 0.1) is 3.57 Å². The number of halogens is 2. The van der Waals surface area contributed by atoms with Crippen molar-refractivity contribution < 1.29 is 4.74 Å². The second-order valence-corrected chi connectivity index (χ2v) is 7.66. The van der Waals surface area contributed by atoms with Gasteiger partial charge in [-0.05, 0) is 72.3 Å². The number of pyridine rings is 1. The van der Waals surface area contributed by atoms with Gasteiger partial charge >= 0.3 is 0 Å². The predicted octanol–water partition coefficient (Wildman–Crippen LogP) is 4.54. The zero-order valence-corrected chi connectivity index (χ0v) is 16.0. The molecule has 0 amide bonds. The molecule has 0 aliphatic carbocycles. The Labute approximate surface area is 156 Å². The fraction of sp³-hybridized carbons (Fsp3) is 0.389. The van der Waals surface area contributed by atoms with Gasteiger partial charge in [0.15, 0.2) is 0 Å². The smallest absolute Gasteiger partial charge is 0.125 e. The van der Waals surface area contributed by atoms with Crippen LogP contribution in [0.1, 0.15) is 30.2 Å². The molecule has 1 aromatic carbocycles. The molecule has 0 radical (unpaired) electrons. The molecule has 1 atom stereocenters. The Balaban J connectivity index is 1.85. The average molecular weight is 443 g/mol. The molecule has 0 N–H and O–H groups in total. The van der Waals surface area contributed by atoms with Gasteiger partial charge in [-0.2, -0.15) is 0 Å². The Morgan fingerprint density at radius 3 is 2.70 bits per heavy atom. The minimum atomic E-state index is -0.143. The number of nitrogens with zero attached hydrogens (tertiary/aromatic N) is 2. The number of aromatic nitrogens is 1. The van der Waals surface area contributed by atoms with Crippen molar-refractivity contribution in [2.24, 2.45) is 0 Å². The molecular formula is C18H20ClIN2O. The van der Waals surface area contributed by atoms with Gasteiger partial charge < -0.3 is 9.64 Å². The van der Waals surface area contributed by atoms with Gasteiger partial charge in [-0.25, -0.2) is 0 Å². The highest BCUT2D eigenvalue weighted by molar-refractivity contribution is 14.1. The van der Waals surface area contributed by atoms with E-state index >= 15 is 0 Å². The van der Waals surface area contributed by atoms with Crippen LogP contribution >= 0.6 is 34.2 Å². The molecule has 0 spiro atoms. The molecule has 1 aliphatic heterocycles. The summed E-state index contributed by atoms with van der Waals surface area (Å²) in [6, 6.07) is 12.3. The zero-order valence-electron chi connectivity index (χ0n) is 13.1. The molecule has 3 nitrogen and oxygen atoms in total. The van der Waals surface area contributed by atoms with Gasteiger partial charge in [-0.1, -0.05) is 23.7 Å². The summed E-state index contributed by atoms with van der Waals surface area (Å²) < 4.78 is 7.67. The van der Waals surface area contributed by atoms with E-state index in [1.807, 2.05) is 12.1 Å². The summed E-state index contributed by atoms with van der Waals surface area (Å²) in [6.45, 7) is 2.16. The van der Waals surface area contributed by atoms with E-state index in [0.29, 0.717) is 5.02 Å². The number of benzene rings is 1. The van der Waals surface area contributed by atoms with Crippen LogP contribution in [0.3, 0.4) is 0 Å². The van der Waals surface area contributed by atoms with Gasteiger partial charge in [-0.15, -0.1) is 0 Å². The van der Waals surface area contributed by atoms with E-state index in [0.717, 1.165) is 37.2 Å². The standard InChI is InChI=1S/C18H20ClIN2O/c1-22-9-7-16(8-10-22)23-18(13-3-2-4-15(20)11-13)17-6-5-14(19)12-21-17/h2-6,11-12,16,18H,7-10H2,1H3. The molecule has 23 heavy (non-hydrogen) atoms. The molecular weight excluding hydrogens is 423 g/mol. The van der Waals surface area contributed by atoms with Crippen LogP contribution in [-0.2, 0) is 4.74 Å². The van der Waals surface area contributed by atoms with Gasteiger partial charge in [0.1, 0.15) is 6.10 Å². The third-order valence-electron chi connectivity index (χ3n) is 4.16. The van der Waals surface area contributed by atoms with Crippen molar-refractivity contribution in [1.29, 1.82) is 0 Å². The minimum Gasteiger partial charge on any atom is -0.364 e. The van der Waals surface area contributed by atoms with E-state index < -0.39 is 0 Å². The van der Waals surface area contributed by atoms with Gasteiger partial charge in [0.25, 0.3) is 0 Å². The average Bonchev–Trinajstić information content (AvgIpc) is 2.55. The summed E-state index contributed by atoms with van der Waals surface area (Å²) in [6.07, 6.45) is 3.94. The first-order valence-electron chi connectivity index (χ1n) is 7.83. The Morgan fingerprint density at radius 2 is 2.04 bits per heavy atom. The lowest BCUT2D eigenvalue weighted by atomic mass is 10.0. The van der Waals surface area contributed by atoms with Gasteiger partial charge in [0, 0.05) is 22.9 Å². The number of hydrogen-bond acceptors (Lipinski definition) is 3. The number of piperidine rings is 1. The molecule has 1 fully saturated rings. The molecule has 2 aromatic rings. The lowest BCUT2D eigenvalue weighted by Crippen LogP contribution is -2.35. The molecule has 1 saturated heterocycles. The zero-order chi connectivity index (χ0) is 16.2. The van der Waals surface area contributed by atoms with Crippen LogP contribution in [0.4, 0.5) is 0 Å². The van der Waals surface area contributed by atoms with Crippen LogP contribution in [-0.4, -0.2) is 36.1 Å². The highest BCUT2D eigenvalue weighted by Gasteiger charge is 2.24. The Hall–Kier alpha value is -0.690. The maximum atomic E-state index is 6.47. The van der Waals surface area contributed by atoms with E-state index in [1.165, 1.54) is 3.57 Å². The van der Waals surface area contributed by atoms with Crippen LogP contribution in [0.15, 0.2) is 42.6 Å². The highest BCUT2D eigenvalue weighted by Crippen LogP contribution is 2.30. The Morgan fingerprint density at radius 1 is 1.26 bits per heavy atom. The van der Waals surface area contributed by atoms with E-state index in [-0.39, 0.29) is 12.2 Å². The fourth-order valence-corrected chi connectivity index (χ4v) is 3.52. The summed E-state index contributed by atoms with van der Waals surface area (Å²) in [5.41, 5.74) is 2.06. The first-order chi connectivity index (χ1) is 11.1. The van der Waals surface area contributed by atoms with E-state index in [1.54, 1.807) is 6.20 Å². The highest BCUT2D eigenvalue weighted by atomic mass is 127. The number of rotatable bonds is 4. The topological polar surface area (TPSA) is 25.4 Å². The number of hydrogen-bond donors (Lipinski definition) is 0. The maximum absolute atomic E-state index is 6.47. The molecule has 1 unspecified atom stereocenters. The van der Waals surface area contributed by atoms with E-state index in [2.05, 4.69) is 63.8 Å². The van der Waals surface area contributed by atoms with Gasteiger partial charge in [-0.3, -0.25) is 4.98 Å². The molecule has 5 heteroatoms. The first kappa shape index (κ1) is 17.1. The summed E-state index contributed by atoms with van der Waals surface area (Å²) in [5.74, 6) is 0. The SMILES string of the molecule is CN1CCC(OC(c2cccc(I)c2)c2ccc(Cl)cn2)CC1. The third kappa shape index (κ3) is 4.66. The molecule has 122 valence electrons. The van der Waals surface area contributed by atoms with E-state index in [9.17, 15) is 0 Å². The van der Waals surface area contributed by atoms with Crippen molar-refractivity contribution >= 4 is 34.2 Å². The predicted molar refractivity (Wildman–Crippen MR) is 102 cm³/mol. The van der Waals surface area contributed by atoms with Crippen molar-refractivity contribution in [2.75, 3.05) is 20.1 Å². The molecule has 0 bridgehead atoms. The molecule has 0 saturated carbocycles. The molecule has 3 rings (SSSR count). The fourth-order valence-electron chi connectivity index (χ4n) is 2.84. The van der Waals surface area contributed by atoms with Crippen LogP contribution in [0.2, 0.25) is 5.02 Å². The monoisotopic (exact) mass is 442 g/mol. The van der Waals surface area contributed by atoms with Crippen molar-refractivity contribution in [3.05, 3.63) is 62.4 Å². The summed E-state index contributed by atoms with van der Waals surface area (Å²) >= 11 is 8.32. The van der Waals surface area contributed by atoms with Crippen molar-refractivity contribution in [3.63, 3.8) is 0 Å². The van der Waals surface area contributed by atoms with Crippen molar-refractivity contribution in [3.8, 4) is 0 Å². The molecule has 2 heterocycles.